The average molecular weight is 390 g/mol. The predicted molar refractivity (Wildman–Crippen MR) is 104 cm³/mol. The molecule has 8 heteroatoms. The maximum absolute atomic E-state index is 13.0. The number of amides is 2. The first kappa shape index (κ1) is 20.4. The largest absolute Gasteiger partial charge is 0.481 e. The Labute approximate surface area is 165 Å². The number of nitrogens with one attached hydrogen (secondary N) is 1. The minimum Gasteiger partial charge on any atom is -0.481 e. The molecule has 2 aliphatic rings. The normalized spacial score (nSPS) is 22.1. The number of carboxylic acids is 1. The monoisotopic (exact) mass is 390 g/mol. The Balaban J connectivity index is 1.65. The number of rotatable bonds is 7. The second kappa shape index (κ2) is 8.75. The van der Waals surface area contributed by atoms with Crippen molar-refractivity contribution >= 4 is 23.6 Å². The van der Waals surface area contributed by atoms with Gasteiger partial charge in [-0.15, -0.1) is 0 Å². The van der Waals surface area contributed by atoms with Gasteiger partial charge in [-0.1, -0.05) is 19.3 Å². The van der Waals surface area contributed by atoms with Crippen molar-refractivity contribution in [3.8, 4) is 0 Å². The van der Waals surface area contributed by atoms with Crippen LogP contribution in [-0.4, -0.2) is 45.3 Å². The minimum absolute atomic E-state index is 0.0147. The Hall–Kier alpha value is -2.38. The van der Waals surface area contributed by atoms with Crippen LogP contribution in [-0.2, 0) is 20.9 Å². The van der Waals surface area contributed by atoms with Gasteiger partial charge in [-0.2, -0.15) is 5.10 Å². The fraction of sp³-hybridized carbons (Fsp3) is 0.700. The Bertz CT molecular complexity index is 724. The van der Waals surface area contributed by atoms with Crippen molar-refractivity contribution in [2.24, 2.45) is 5.41 Å². The van der Waals surface area contributed by atoms with Gasteiger partial charge in [-0.05, 0) is 38.0 Å². The van der Waals surface area contributed by atoms with Gasteiger partial charge >= 0.3 is 5.97 Å². The van der Waals surface area contributed by atoms with E-state index in [1.165, 1.54) is 0 Å². The molecule has 0 bridgehead atoms. The van der Waals surface area contributed by atoms with Gasteiger partial charge in [0, 0.05) is 25.6 Å². The van der Waals surface area contributed by atoms with Crippen molar-refractivity contribution in [2.75, 3.05) is 11.4 Å². The second-order valence-corrected chi connectivity index (χ2v) is 8.07. The second-order valence-electron chi connectivity index (χ2n) is 8.07. The lowest BCUT2D eigenvalue weighted by Gasteiger charge is -2.37. The topological polar surface area (TPSA) is 105 Å². The van der Waals surface area contributed by atoms with Crippen LogP contribution >= 0.6 is 0 Å². The van der Waals surface area contributed by atoms with Crippen molar-refractivity contribution in [2.45, 2.75) is 77.3 Å². The number of aliphatic carboxylic acids is 1. The molecule has 1 saturated heterocycles. The number of carboxylic acid groups (broad SMARTS) is 1. The van der Waals surface area contributed by atoms with Gasteiger partial charge in [0.25, 0.3) is 5.91 Å². The van der Waals surface area contributed by atoms with Crippen molar-refractivity contribution in [3.05, 3.63) is 12.3 Å². The van der Waals surface area contributed by atoms with Crippen LogP contribution in [0.5, 0.6) is 0 Å². The molecule has 1 aromatic heterocycles. The third-order valence-electron chi connectivity index (χ3n) is 6.02. The standard InChI is InChI=1S/C20H30N4O4/c1-2-24-17(8-11-21-24)23-12-6-7-15(19(23)28)22-16(25)13-20(14-18(26)27)9-4-3-5-10-20/h8,11,15H,2-7,9-10,12-14H2,1H3,(H,22,25)(H,26,27). The number of aryl methyl sites for hydroxylation is 1. The van der Waals surface area contributed by atoms with E-state index in [2.05, 4.69) is 10.4 Å². The molecule has 28 heavy (non-hydrogen) atoms. The van der Waals surface area contributed by atoms with E-state index in [1.54, 1.807) is 15.8 Å². The summed E-state index contributed by atoms with van der Waals surface area (Å²) in [5.41, 5.74) is -0.480. The first-order valence-electron chi connectivity index (χ1n) is 10.3. The lowest BCUT2D eigenvalue weighted by molar-refractivity contribution is -0.141. The highest BCUT2D eigenvalue weighted by molar-refractivity contribution is 5.99. The van der Waals surface area contributed by atoms with Crippen LogP contribution in [0.1, 0.15) is 64.7 Å². The molecule has 0 aromatic carbocycles. The summed E-state index contributed by atoms with van der Waals surface area (Å²) in [6.45, 7) is 3.25. The van der Waals surface area contributed by atoms with Gasteiger partial charge in [0.2, 0.25) is 5.91 Å². The van der Waals surface area contributed by atoms with Crippen LogP contribution < -0.4 is 10.2 Å². The predicted octanol–water partition coefficient (Wildman–Crippen LogP) is 2.33. The van der Waals surface area contributed by atoms with E-state index in [1.807, 2.05) is 13.0 Å². The molecule has 1 aliphatic heterocycles. The quantitative estimate of drug-likeness (QED) is 0.743. The molecule has 1 saturated carbocycles. The SMILES string of the molecule is CCn1nccc1N1CCCC(NC(=O)CC2(CC(=O)O)CCCCC2)C1=O. The van der Waals surface area contributed by atoms with Crippen LogP contribution in [0.15, 0.2) is 12.3 Å². The van der Waals surface area contributed by atoms with E-state index in [4.69, 9.17) is 0 Å². The lowest BCUT2D eigenvalue weighted by atomic mass is 9.69. The highest BCUT2D eigenvalue weighted by atomic mass is 16.4. The number of anilines is 1. The zero-order chi connectivity index (χ0) is 20.1. The molecular weight excluding hydrogens is 360 g/mol. The molecule has 1 atom stereocenters. The van der Waals surface area contributed by atoms with Gasteiger partial charge in [-0.25, -0.2) is 4.68 Å². The fourth-order valence-corrected chi connectivity index (χ4v) is 4.66. The maximum atomic E-state index is 13.0. The summed E-state index contributed by atoms with van der Waals surface area (Å²) in [7, 11) is 0. The Morgan fingerprint density at radius 1 is 1.25 bits per heavy atom. The van der Waals surface area contributed by atoms with Crippen molar-refractivity contribution in [3.63, 3.8) is 0 Å². The molecule has 0 radical (unpaired) electrons. The number of nitrogens with zero attached hydrogens (tertiary/aromatic N) is 3. The average Bonchev–Trinajstić information content (AvgIpc) is 3.12. The third kappa shape index (κ3) is 4.54. The molecule has 1 unspecified atom stereocenters. The van der Waals surface area contributed by atoms with E-state index >= 15 is 0 Å². The van der Waals surface area contributed by atoms with Crippen molar-refractivity contribution in [1.82, 2.24) is 15.1 Å². The zero-order valence-electron chi connectivity index (χ0n) is 16.5. The molecule has 2 heterocycles. The number of aromatic nitrogens is 2. The molecule has 0 spiro atoms. The molecule has 2 amide bonds. The van der Waals surface area contributed by atoms with Gasteiger partial charge < -0.3 is 10.4 Å². The van der Waals surface area contributed by atoms with Crippen LogP contribution in [0.3, 0.4) is 0 Å². The van der Waals surface area contributed by atoms with Crippen LogP contribution in [0.4, 0.5) is 5.82 Å². The van der Waals surface area contributed by atoms with Gasteiger partial charge in [0.1, 0.15) is 11.9 Å². The van der Waals surface area contributed by atoms with E-state index < -0.39 is 17.4 Å². The number of hydrogen-bond acceptors (Lipinski definition) is 4. The fourth-order valence-electron chi connectivity index (χ4n) is 4.66. The molecule has 1 aliphatic carbocycles. The summed E-state index contributed by atoms with van der Waals surface area (Å²) in [6.07, 6.45) is 7.78. The molecule has 154 valence electrons. The first-order valence-corrected chi connectivity index (χ1v) is 10.3. The van der Waals surface area contributed by atoms with Crippen LogP contribution in [0.25, 0.3) is 0 Å². The Morgan fingerprint density at radius 2 is 2.00 bits per heavy atom. The summed E-state index contributed by atoms with van der Waals surface area (Å²) in [5, 5.41) is 16.4. The molecule has 3 rings (SSSR count). The maximum Gasteiger partial charge on any atom is 0.303 e. The Kier molecular flexibility index (Phi) is 6.36. The van der Waals surface area contributed by atoms with Gasteiger partial charge in [0.15, 0.2) is 0 Å². The number of hydrogen-bond donors (Lipinski definition) is 2. The summed E-state index contributed by atoms with van der Waals surface area (Å²) < 4.78 is 1.77. The summed E-state index contributed by atoms with van der Waals surface area (Å²) in [6, 6.07) is 1.25. The summed E-state index contributed by atoms with van der Waals surface area (Å²) >= 11 is 0. The van der Waals surface area contributed by atoms with E-state index in [0.717, 1.165) is 44.3 Å². The molecule has 2 N–H and O–H groups in total. The highest BCUT2D eigenvalue weighted by Crippen LogP contribution is 2.42. The van der Waals surface area contributed by atoms with Gasteiger partial charge in [-0.3, -0.25) is 19.3 Å². The lowest BCUT2D eigenvalue weighted by Crippen LogP contribution is -2.53. The number of carbonyl (C=O) groups is 3. The molecular formula is C20H30N4O4. The molecule has 2 fully saturated rings. The molecule has 8 nitrogen and oxygen atoms in total. The van der Waals surface area contributed by atoms with Crippen LogP contribution in [0.2, 0.25) is 0 Å². The van der Waals surface area contributed by atoms with E-state index in [0.29, 0.717) is 19.5 Å². The van der Waals surface area contributed by atoms with E-state index in [9.17, 15) is 19.5 Å². The first-order chi connectivity index (χ1) is 13.4. The third-order valence-corrected chi connectivity index (χ3v) is 6.02. The zero-order valence-corrected chi connectivity index (χ0v) is 16.5. The minimum atomic E-state index is -0.859. The Morgan fingerprint density at radius 3 is 2.68 bits per heavy atom. The van der Waals surface area contributed by atoms with Crippen molar-refractivity contribution < 1.29 is 19.5 Å². The summed E-state index contributed by atoms with van der Waals surface area (Å²) in [5.74, 6) is -0.443. The summed E-state index contributed by atoms with van der Waals surface area (Å²) in [4.78, 5) is 38.7. The van der Waals surface area contributed by atoms with Gasteiger partial charge in [0.05, 0.1) is 12.6 Å². The number of carbonyl (C=O) groups excluding carboxylic acids is 2. The number of piperidine rings is 1. The molecule has 1 aromatic rings. The van der Waals surface area contributed by atoms with E-state index in [-0.39, 0.29) is 24.7 Å². The van der Waals surface area contributed by atoms with Crippen LogP contribution in [0, 0.1) is 5.41 Å². The highest BCUT2D eigenvalue weighted by Gasteiger charge is 2.38. The van der Waals surface area contributed by atoms with Crippen molar-refractivity contribution in [1.29, 1.82) is 0 Å². The smallest absolute Gasteiger partial charge is 0.303 e.